The lowest BCUT2D eigenvalue weighted by Gasteiger charge is -2.48. The summed E-state index contributed by atoms with van der Waals surface area (Å²) in [6.45, 7) is 2.76. The maximum atomic E-state index is 11.8. The molecule has 0 bridgehead atoms. The van der Waals surface area contributed by atoms with E-state index < -0.39 is 12.2 Å². The molecule has 0 spiro atoms. The van der Waals surface area contributed by atoms with Crippen LogP contribution in [0.1, 0.15) is 19.8 Å². The summed E-state index contributed by atoms with van der Waals surface area (Å²) >= 11 is 0. The monoisotopic (exact) mass is 223 g/mol. The summed E-state index contributed by atoms with van der Waals surface area (Å²) in [6.07, 6.45) is 1.25. The fourth-order valence-electron chi connectivity index (χ4n) is 3.22. The second kappa shape index (κ2) is 3.31. The smallest absolute Gasteiger partial charge is 0.254 e. The van der Waals surface area contributed by atoms with E-state index in [-0.39, 0.29) is 11.9 Å². The molecule has 3 rings (SSSR count). The SMILES string of the molecule is CO[C@H]1C(=O)N2C[C@H]3CCC3=C(C)[C@@H](O)[C@@H]12. The summed E-state index contributed by atoms with van der Waals surface area (Å²) in [5.41, 5.74) is 2.43. The third kappa shape index (κ3) is 1.09. The van der Waals surface area contributed by atoms with Gasteiger partial charge in [-0.25, -0.2) is 0 Å². The van der Waals surface area contributed by atoms with E-state index in [1.54, 1.807) is 4.90 Å². The van der Waals surface area contributed by atoms with Crippen LogP contribution in [0.3, 0.4) is 0 Å². The van der Waals surface area contributed by atoms with Gasteiger partial charge in [0.25, 0.3) is 5.91 Å². The third-order valence-electron chi connectivity index (χ3n) is 4.40. The van der Waals surface area contributed by atoms with E-state index >= 15 is 0 Å². The van der Waals surface area contributed by atoms with Gasteiger partial charge in [-0.05, 0) is 31.3 Å². The molecule has 3 aliphatic rings. The molecule has 0 radical (unpaired) electrons. The summed E-state index contributed by atoms with van der Waals surface area (Å²) in [5.74, 6) is 0.522. The van der Waals surface area contributed by atoms with Crippen molar-refractivity contribution >= 4 is 5.91 Å². The topological polar surface area (TPSA) is 49.8 Å². The van der Waals surface area contributed by atoms with Crippen LogP contribution in [0.25, 0.3) is 0 Å². The van der Waals surface area contributed by atoms with Crippen LogP contribution >= 0.6 is 0 Å². The minimum absolute atomic E-state index is 0.0347. The maximum Gasteiger partial charge on any atom is 0.254 e. The highest BCUT2D eigenvalue weighted by molar-refractivity contribution is 5.89. The van der Waals surface area contributed by atoms with Gasteiger partial charge in [-0.3, -0.25) is 4.79 Å². The molecule has 88 valence electrons. The Morgan fingerprint density at radius 2 is 2.25 bits per heavy atom. The van der Waals surface area contributed by atoms with Gasteiger partial charge in [0.2, 0.25) is 0 Å². The number of carbonyl (C=O) groups excluding carboxylic acids is 1. The summed E-state index contributed by atoms with van der Waals surface area (Å²) < 4.78 is 5.16. The molecule has 16 heavy (non-hydrogen) atoms. The van der Waals surface area contributed by atoms with Gasteiger partial charge in [-0.15, -0.1) is 0 Å². The molecule has 0 aromatic carbocycles. The summed E-state index contributed by atoms with van der Waals surface area (Å²) in [5, 5.41) is 10.3. The Hall–Kier alpha value is -0.870. The molecule has 1 saturated heterocycles. The van der Waals surface area contributed by atoms with Crippen LogP contribution in [-0.2, 0) is 9.53 Å². The lowest BCUT2D eigenvalue weighted by atomic mass is 9.76. The molecule has 0 unspecified atom stereocenters. The fraction of sp³-hybridized carbons (Fsp3) is 0.750. The van der Waals surface area contributed by atoms with Crippen molar-refractivity contribution in [2.45, 2.75) is 38.0 Å². The largest absolute Gasteiger partial charge is 0.386 e. The number of nitrogens with zero attached hydrogens (tertiary/aromatic N) is 1. The molecule has 1 N–H and O–H groups in total. The molecule has 2 heterocycles. The number of methoxy groups -OCH3 is 1. The normalized spacial score (nSPS) is 41.9. The summed E-state index contributed by atoms with van der Waals surface area (Å²) in [6, 6.07) is -0.157. The highest BCUT2D eigenvalue weighted by atomic mass is 16.5. The first kappa shape index (κ1) is 10.3. The standard InChI is InChI=1S/C12H17NO3/c1-6-8-4-3-7(8)5-13-9(10(6)14)11(16-2)12(13)15/h7,9-11,14H,3-5H2,1-2H3/t7-,9+,10-,11-/m1/s1. The lowest BCUT2D eigenvalue weighted by molar-refractivity contribution is -0.178. The highest BCUT2D eigenvalue weighted by Crippen LogP contribution is 2.44. The van der Waals surface area contributed by atoms with E-state index in [4.69, 9.17) is 4.74 Å². The predicted molar refractivity (Wildman–Crippen MR) is 57.7 cm³/mol. The van der Waals surface area contributed by atoms with Gasteiger partial charge < -0.3 is 14.7 Å². The fourth-order valence-corrected chi connectivity index (χ4v) is 3.22. The predicted octanol–water partition coefficient (Wildman–Crippen LogP) is 0.313. The van der Waals surface area contributed by atoms with E-state index in [1.807, 2.05) is 6.92 Å². The molecular weight excluding hydrogens is 206 g/mol. The van der Waals surface area contributed by atoms with Gasteiger partial charge in [-0.2, -0.15) is 0 Å². The Kier molecular flexibility index (Phi) is 2.13. The molecule has 4 nitrogen and oxygen atoms in total. The van der Waals surface area contributed by atoms with Crippen LogP contribution in [0.5, 0.6) is 0 Å². The zero-order valence-corrected chi connectivity index (χ0v) is 9.64. The van der Waals surface area contributed by atoms with Gasteiger partial charge >= 0.3 is 0 Å². The Morgan fingerprint density at radius 1 is 1.50 bits per heavy atom. The van der Waals surface area contributed by atoms with Crippen molar-refractivity contribution in [3.63, 3.8) is 0 Å². The van der Waals surface area contributed by atoms with Crippen molar-refractivity contribution in [3.05, 3.63) is 11.1 Å². The van der Waals surface area contributed by atoms with Crippen molar-refractivity contribution < 1.29 is 14.6 Å². The van der Waals surface area contributed by atoms with Gasteiger partial charge in [-0.1, -0.05) is 5.57 Å². The number of ether oxygens (including phenoxy) is 1. The van der Waals surface area contributed by atoms with Gasteiger partial charge in [0, 0.05) is 13.7 Å². The first-order chi connectivity index (χ1) is 7.65. The van der Waals surface area contributed by atoms with E-state index in [0.717, 1.165) is 25.0 Å². The number of hydrogen-bond donors (Lipinski definition) is 1. The summed E-state index contributed by atoms with van der Waals surface area (Å²) in [4.78, 5) is 13.6. The average molecular weight is 223 g/mol. The van der Waals surface area contributed by atoms with Crippen molar-refractivity contribution in [2.24, 2.45) is 5.92 Å². The number of amides is 1. The van der Waals surface area contributed by atoms with Crippen LogP contribution < -0.4 is 0 Å². The van der Waals surface area contributed by atoms with Crippen molar-refractivity contribution in [1.29, 1.82) is 0 Å². The Bertz CT molecular complexity index is 376. The summed E-state index contributed by atoms with van der Waals surface area (Å²) in [7, 11) is 1.54. The van der Waals surface area contributed by atoms with Crippen molar-refractivity contribution in [1.82, 2.24) is 4.90 Å². The molecule has 4 atom stereocenters. The quantitative estimate of drug-likeness (QED) is 0.514. The number of carbonyl (C=O) groups is 1. The van der Waals surface area contributed by atoms with Crippen LogP contribution in [0.15, 0.2) is 11.1 Å². The molecule has 1 saturated carbocycles. The Morgan fingerprint density at radius 3 is 2.81 bits per heavy atom. The first-order valence-electron chi connectivity index (χ1n) is 5.86. The Balaban J connectivity index is 1.93. The number of aliphatic hydroxyl groups is 1. The number of fused-ring (bicyclic) bond motifs is 2. The van der Waals surface area contributed by atoms with E-state index in [1.165, 1.54) is 12.7 Å². The molecule has 0 aromatic heterocycles. The van der Waals surface area contributed by atoms with E-state index in [2.05, 4.69) is 0 Å². The van der Waals surface area contributed by atoms with Crippen LogP contribution in [0, 0.1) is 5.92 Å². The zero-order valence-electron chi connectivity index (χ0n) is 9.64. The van der Waals surface area contributed by atoms with Crippen molar-refractivity contribution in [3.8, 4) is 0 Å². The van der Waals surface area contributed by atoms with Crippen LogP contribution in [0.2, 0.25) is 0 Å². The highest BCUT2D eigenvalue weighted by Gasteiger charge is 2.54. The molecular formula is C12H17NO3. The molecule has 1 aliphatic carbocycles. The number of rotatable bonds is 1. The van der Waals surface area contributed by atoms with Gasteiger partial charge in [0.1, 0.15) is 0 Å². The minimum atomic E-state index is -0.539. The maximum absolute atomic E-state index is 11.8. The van der Waals surface area contributed by atoms with Crippen LogP contribution in [0.4, 0.5) is 0 Å². The molecule has 4 heteroatoms. The van der Waals surface area contributed by atoms with E-state index in [9.17, 15) is 9.90 Å². The second-order valence-electron chi connectivity index (χ2n) is 5.03. The Labute approximate surface area is 94.9 Å². The molecule has 0 aromatic rings. The third-order valence-corrected chi connectivity index (χ3v) is 4.40. The molecule has 2 fully saturated rings. The first-order valence-corrected chi connectivity index (χ1v) is 5.86. The number of hydrogen-bond acceptors (Lipinski definition) is 3. The minimum Gasteiger partial charge on any atom is -0.386 e. The zero-order chi connectivity index (χ0) is 11.4. The second-order valence-corrected chi connectivity index (χ2v) is 5.03. The van der Waals surface area contributed by atoms with E-state index in [0.29, 0.717) is 5.92 Å². The number of aliphatic hydroxyl groups excluding tert-OH is 1. The average Bonchev–Trinajstić information content (AvgIpc) is 2.27. The molecule has 1 amide bonds. The van der Waals surface area contributed by atoms with Crippen molar-refractivity contribution in [2.75, 3.05) is 13.7 Å². The lowest BCUT2D eigenvalue weighted by Crippen LogP contribution is -2.69. The number of β-lactam (4-membered cyclic amide) rings is 1. The molecule has 2 aliphatic heterocycles. The van der Waals surface area contributed by atoms with Gasteiger partial charge in [0.15, 0.2) is 6.10 Å². The van der Waals surface area contributed by atoms with Crippen LogP contribution in [-0.4, -0.2) is 47.8 Å². The van der Waals surface area contributed by atoms with Gasteiger partial charge in [0.05, 0.1) is 12.1 Å².